The average molecular weight is 670 g/mol. The lowest BCUT2D eigenvalue weighted by Gasteiger charge is -2.27. The van der Waals surface area contributed by atoms with Crippen LogP contribution in [0.15, 0.2) is 48.8 Å². The summed E-state index contributed by atoms with van der Waals surface area (Å²) in [6.07, 6.45) is -0.281. The van der Waals surface area contributed by atoms with Crippen molar-refractivity contribution in [2.45, 2.75) is 30.8 Å². The van der Waals surface area contributed by atoms with E-state index in [1.54, 1.807) is 18.2 Å². The van der Waals surface area contributed by atoms with Crippen LogP contribution in [0.2, 0.25) is 0 Å². The van der Waals surface area contributed by atoms with Crippen molar-refractivity contribution in [2.24, 2.45) is 10.9 Å². The quantitative estimate of drug-likeness (QED) is 0.294. The van der Waals surface area contributed by atoms with Gasteiger partial charge in [0.25, 0.3) is 5.91 Å². The lowest BCUT2D eigenvalue weighted by Crippen LogP contribution is -2.49. The van der Waals surface area contributed by atoms with Gasteiger partial charge in [0.05, 0.1) is 35.2 Å². The smallest absolute Gasteiger partial charge is 0.311 e. The summed E-state index contributed by atoms with van der Waals surface area (Å²) in [5.41, 5.74) is 5.97. The predicted octanol–water partition coefficient (Wildman–Crippen LogP) is 2.68. The van der Waals surface area contributed by atoms with Gasteiger partial charge in [-0.15, -0.1) is 0 Å². The molecule has 0 bridgehead atoms. The summed E-state index contributed by atoms with van der Waals surface area (Å²) in [5.74, 6) is -1.09. The average Bonchev–Trinajstić information content (AvgIpc) is 3.06. The Bertz CT molecular complexity index is 1020. The lowest BCUT2D eigenvalue weighted by molar-refractivity contribution is -0.225. The molecule has 1 aromatic carbocycles. The SMILES string of the molecule is COC1=C(Br)C[C@@]2(OC=C1Br)ON=C(C(=O)NCCCOc1ccc([C@@H](O)CN)cc1Br)[C@H]2O. The Balaban J connectivity index is 1.49. The summed E-state index contributed by atoms with van der Waals surface area (Å²) >= 11 is 10.1. The monoisotopic (exact) mass is 667 g/mol. The van der Waals surface area contributed by atoms with Gasteiger partial charge in [0.15, 0.2) is 11.8 Å². The summed E-state index contributed by atoms with van der Waals surface area (Å²) < 4.78 is 18.4. The molecule has 2 heterocycles. The number of amides is 1. The van der Waals surface area contributed by atoms with E-state index in [-0.39, 0.29) is 25.2 Å². The molecule has 1 spiro atoms. The van der Waals surface area contributed by atoms with Crippen LogP contribution < -0.4 is 15.8 Å². The van der Waals surface area contributed by atoms with E-state index in [4.69, 9.17) is 24.8 Å². The van der Waals surface area contributed by atoms with E-state index < -0.39 is 23.9 Å². The second-order valence-corrected chi connectivity index (χ2v) is 10.0. The molecule has 34 heavy (non-hydrogen) atoms. The molecule has 0 unspecified atom stereocenters. The minimum absolute atomic E-state index is 0.0625. The number of rotatable bonds is 9. The van der Waals surface area contributed by atoms with Gasteiger partial charge >= 0.3 is 5.79 Å². The standard InChI is InChI=1S/C21H24Br3N3O7/c1-31-18-13(23)8-21(33-10-14(18)24)19(29)17(27-34-21)20(30)26-5-2-6-32-16-4-3-11(7-12(16)22)15(28)9-25/h3-4,7,10,15,19,28-29H,2,5-6,8-9,25H2,1H3,(H,26,30)/t15-,19+,21+/m0/s1. The topological polar surface area (TPSA) is 145 Å². The van der Waals surface area contributed by atoms with Crippen molar-refractivity contribution in [2.75, 3.05) is 26.8 Å². The number of benzene rings is 1. The van der Waals surface area contributed by atoms with Gasteiger partial charge in [0.1, 0.15) is 17.8 Å². The van der Waals surface area contributed by atoms with E-state index in [0.29, 0.717) is 43.5 Å². The van der Waals surface area contributed by atoms with Gasteiger partial charge in [-0.25, -0.2) is 0 Å². The van der Waals surface area contributed by atoms with Crippen LogP contribution in [0, 0.1) is 0 Å². The van der Waals surface area contributed by atoms with Crippen LogP contribution in [0.4, 0.5) is 0 Å². The number of nitrogens with one attached hydrogen (secondary N) is 1. The number of allylic oxidation sites excluding steroid dienone is 1. The fourth-order valence-corrected chi connectivity index (χ4v) is 5.26. The summed E-state index contributed by atoms with van der Waals surface area (Å²) in [5, 5.41) is 27.0. The number of aliphatic hydroxyl groups excluding tert-OH is 2. The summed E-state index contributed by atoms with van der Waals surface area (Å²) in [6, 6.07) is 5.22. The lowest BCUT2D eigenvalue weighted by atomic mass is 10.0. The highest BCUT2D eigenvalue weighted by molar-refractivity contribution is 9.12. The number of oxime groups is 1. The van der Waals surface area contributed by atoms with E-state index in [2.05, 4.69) is 58.3 Å². The number of carbonyl (C=O) groups is 1. The Morgan fingerprint density at radius 2 is 2.18 bits per heavy atom. The Morgan fingerprint density at radius 3 is 2.85 bits per heavy atom. The third-order valence-electron chi connectivity index (χ3n) is 5.07. The van der Waals surface area contributed by atoms with Gasteiger partial charge in [-0.05, 0) is 56.0 Å². The number of halogens is 3. The molecule has 0 radical (unpaired) electrons. The van der Waals surface area contributed by atoms with Crippen molar-refractivity contribution in [3.63, 3.8) is 0 Å². The highest BCUT2D eigenvalue weighted by atomic mass is 79.9. The van der Waals surface area contributed by atoms with E-state index in [0.717, 1.165) is 0 Å². The maximum Gasteiger partial charge on any atom is 0.311 e. The predicted molar refractivity (Wildman–Crippen MR) is 134 cm³/mol. The van der Waals surface area contributed by atoms with Crippen LogP contribution in [0.1, 0.15) is 24.5 Å². The molecule has 0 saturated carbocycles. The third kappa shape index (κ3) is 5.94. The molecule has 3 atom stereocenters. The first-order valence-corrected chi connectivity index (χ1v) is 12.6. The maximum absolute atomic E-state index is 12.6. The van der Waals surface area contributed by atoms with E-state index in [1.807, 2.05) is 0 Å². The summed E-state index contributed by atoms with van der Waals surface area (Å²) in [4.78, 5) is 17.9. The van der Waals surface area contributed by atoms with Crippen LogP contribution in [-0.2, 0) is 19.1 Å². The zero-order chi connectivity index (χ0) is 24.9. The molecule has 0 saturated heterocycles. The maximum atomic E-state index is 12.6. The van der Waals surface area contributed by atoms with Crippen LogP contribution in [-0.4, -0.2) is 60.5 Å². The highest BCUT2D eigenvalue weighted by Gasteiger charge is 2.54. The number of hydrogen-bond acceptors (Lipinski definition) is 9. The van der Waals surface area contributed by atoms with Gasteiger partial charge in [-0.2, -0.15) is 0 Å². The van der Waals surface area contributed by atoms with Crippen molar-refractivity contribution in [3.05, 3.63) is 49.2 Å². The highest BCUT2D eigenvalue weighted by Crippen LogP contribution is 2.41. The van der Waals surface area contributed by atoms with Gasteiger partial charge < -0.3 is 40.3 Å². The molecule has 3 rings (SSSR count). The molecule has 2 aliphatic heterocycles. The number of hydrogen-bond donors (Lipinski definition) is 4. The molecule has 1 aromatic rings. The Hall–Kier alpha value is -1.64. The Morgan fingerprint density at radius 1 is 1.41 bits per heavy atom. The van der Waals surface area contributed by atoms with Crippen LogP contribution in [0.25, 0.3) is 0 Å². The normalized spacial score (nSPS) is 22.9. The fraction of sp³-hybridized carbons (Fsp3) is 0.429. The molecule has 186 valence electrons. The largest absolute Gasteiger partial charge is 0.495 e. The van der Waals surface area contributed by atoms with Crippen molar-refractivity contribution in [3.8, 4) is 5.75 Å². The van der Waals surface area contributed by atoms with E-state index in [9.17, 15) is 15.0 Å². The van der Waals surface area contributed by atoms with Gasteiger partial charge in [-0.3, -0.25) is 4.79 Å². The number of methoxy groups -OCH3 is 1. The van der Waals surface area contributed by atoms with Gasteiger partial charge in [-0.1, -0.05) is 27.2 Å². The van der Waals surface area contributed by atoms with E-state index >= 15 is 0 Å². The molecule has 1 amide bonds. The molecular formula is C21H24Br3N3O7. The molecule has 2 aliphatic rings. The minimum atomic E-state index is -1.59. The van der Waals surface area contributed by atoms with Crippen LogP contribution in [0.3, 0.4) is 0 Å². The molecule has 0 fully saturated rings. The zero-order valence-corrected chi connectivity index (χ0v) is 22.9. The van der Waals surface area contributed by atoms with Crippen LogP contribution >= 0.6 is 47.8 Å². The molecule has 0 aromatic heterocycles. The summed E-state index contributed by atoms with van der Waals surface area (Å²) in [6.45, 7) is 0.733. The molecule has 13 heteroatoms. The Labute approximate surface area is 221 Å². The number of carbonyl (C=O) groups excluding carboxylic acids is 1. The van der Waals surface area contributed by atoms with Gasteiger partial charge in [0, 0.05) is 17.6 Å². The van der Waals surface area contributed by atoms with Crippen molar-refractivity contribution < 1.29 is 34.1 Å². The Kier molecular flexibility index (Phi) is 9.41. The second kappa shape index (κ2) is 11.9. The first kappa shape index (κ1) is 27.0. The molecule has 0 aliphatic carbocycles. The first-order chi connectivity index (χ1) is 16.2. The van der Waals surface area contributed by atoms with E-state index in [1.165, 1.54) is 13.4 Å². The second-order valence-electron chi connectivity index (χ2n) is 7.38. The third-order valence-corrected chi connectivity index (χ3v) is 6.87. The van der Waals surface area contributed by atoms with Crippen molar-refractivity contribution in [1.29, 1.82) is 0 Å². The minimum Gasteiger partial charge on any atom is -0.495 e. The number of ether oxygens (including phenoxy) is 3. The molecule has 5 N–H and O–H groups in total. The summed E-state index contributed by atoms with van der Waals surface area (Å²) in [7, 11) is 1.49. The van der Waals surface area contributed by atoms with Crippen molar-refractivity contribution in [1.82, 2.24) is 5.32 Å². The number of nitrogens with zero attached hydrogens (tertiary/aromatic N) is 1. The number of aliphatic hydroxyl groups is 2. The van der Waals surface area contributed by atoms with Crippen molar-refractivity contribution >= 4 is 59.4 Å². The fourth-order valence-electron chi connectivity index (χ4n) is 3.22. The molecule has 10 nitrogen and oxygen atoms in total. The number of nitrogens with two attached hydrogens (primary N) is 1. The molecular weight excluding hydrogens is 646 g/mol. The van der Waals surface area contributed by atoms with Gasteiger partial charge in [0.2, 0.25) is 0 Å². The zero-order valence-electron chi connectivity index (χ0n) is 18.1. The first-order valence-electron chi connectivity index (χ1n) is 10.2. The van der Waals surface area contributed by atoms with Crippen LogP contribution in [0.5, 0.6) is 5.75 Å².